The van der Waals surface area contributed by atoms with Crippen LogP contribution in [0.1, 0.15) is 44.6 Å². The van der Waals surface area contributed by atoms with E-state index in [0.29, 0.717) is 42.9 Å². The topological polar surface area (TPSA) is 97.7 Å². The third kappa shape index (κ3) is 4.57. The van der Waals surface area contributed by atoms with E-state index in [1.165, 1.54) is 12.8 Å². The van der Waals surface area contributed by atoms with Crippen molar-refractivity contribution >= 4 is 23.3 Å². The van der Waals surface area contributed by atoms with Crippen LogP contribution in [-0.2, 0) is 9.59 Å². The van der Waals surface area contributed by atoms with Crippen LogP contribution in [0.5, 0.6) is 11.5 Å². The zero-order valence-corrected chi connectivity index (χ0v) is 18.1. The highest BCUT2D eigenvalue weighted by atomic mass is 16.7. The molecule has 0 unspecified atom stereocenters. The van der Waals surface area contributed by atoms with Gasteiger partial charge in [-0.1, -0.05) is 12.8 Å². The number of anilines is 2. The summed E-state index contributed by atoms with van der Waals surface area (Å²) in [6.45, 7) is 1.97. The summed E-state index contributed by atoms with van der Waals surface area (Å²) in [4.78, 5) is 27.4. The van der Waals surface area contributed by atoms with Gasteiger partial charge in [-0.3, -0.25) is 14.5 Å². The monoisotopic (exact) mass is 439 g/mol. The molecule has 9 heteroatoms. The second-order valence-electron chi connectivity index (χ2n) is 8.76. The molecule has 1 saturated heterocycles. The fraction of sp³-hybridized carbons (Fsp3) is 0.522. The Kier molecular flexibility index (Phi) is 5.98. The van der Waals surface area contributed by atoms with Crippen molar-refractivity contribution in [2.24, 2.45) is 5.92 Å². The van der Waals surface area contributed by atoms with Crippen molar-refractivity contribution in [3.63, 3.8) is 0 Å². The van der Waals surface area contributed by atoms with Gasteiger partial charge in [-0.25, -0.2) is 4.68 Å². The van der Waals surface area contributed by atoms with Crippen LogP contribution in [0.15, 0.2) is 30.5 Å². The molecule has 2 aromatic rings. The number of piperidine rings is 1. The maximum Gasteiger partial charge on any atom is 0.239 e. The number of aromatic nitrogens is 2. The molecule has 5 rings (SSSR count). The zero-order chi connectivity index (χ0) is 21.9. The van der Waals surface area contributed by atoms with Crippen molar-refractivity contribution in [2.75, 3.05) is 37.1 Å². The van der Waals surface area contributed by atoms with E-state index < -0.39 is 0 Å². The lowest BCUT2D eigenvalue weighted by Crippen LogP contribution is -2.42. The van der Waals surface area contributed by atoms with Crippen molar-refractivity contribution in [3.05, 3.63) is 30.5 Å². The van der Waals surface area contributed by atoms with Gasteiger partial charge in [0, 0.05) is 23.7 Å². The van der Waals surface area contributed by atoms with E-state index in [-0.39, 0.29) is 24.5 Å². The summed E-state index contributed by atoms with van der Waals surface area (Å²) in [5.41, 5.74) is 0.708. The molecule has 32 heavy (non-hydrogen) atoms. The van der Waals surface area contributed by atoms with E-state index in [2.05, 4.69) is 20.6 Å². The van der Waals surface area contributed by atoms with Crippen molar-refractivity contribution in [3.8, 4) is 11.5 Å². The molecule has 3 heterocycles. The summed E-state index contributed by atoms with van der Waals surface area (Å²) in [5.74, 6) is 2.03. The molecule has 2 aliphatic heterocycles. The number of hydrogen-bond donors (Lipinski definition) is 2. The van der Waals surface area contributed by atoms with Gasteiger partial charge in [-0.15, -0.1) is 0 Å². The molecule has 9 nitrogen and oxygen atoms in total. The fourth-order valence-electron chi connectivity index (χ4n) is 4.81. The Labute approximate surface area is 187 Å². The van der Waals surface area contributed by atoms with E-state index in [9.17, 15) is 9.59 Å². The number of amides is 2. The Hall–Kier alpha value is -3.07. The van der Waals surface area contributed by atoms with Crippen LogP contribution in [0.2, 0.25) is 0 Å². The van der Waals surface area contributed by atoms with Crippen LogP contribution in [0.25, 0.3) is 0 Å². The summed E-state index contributed by atoms with van der Waals surface area (Å²) >= 11 is 0. The molecule has 0 spiro atoms. The van der Waals surface area contributed by atoms with Crippen molar-refractivity contribution in [2.45, 2.75) is 44.6 Å². The number of carbonyl (C=O) groups is 2. The van der Waals surface area contributed by atoms with Crippen LogP contribution >= 0.6 is 0 Å². The Morgan fingerprint density at radius 1 is 1.00 bits per heavy atom. The van der Waals surface area contributed by atoms with Gasteiger partial charge >= 0.3 is 0 Å². The van der Waals surface area contributed by atoms with Crippen LogP contribution in [-0.4, -0.2) is 52.9 Å². The molecule has 1 aromatic heterocycles. The van der Waals surface area contributed by atoms with E-state index in [4.69, 9.17) is 9.47 Å². The van der Waals surface area contributed by atoms with Crippen LogP contribution in [0.4, 0.5) is 11.5 Å². The average Bonchev–Trinajstić information content (AvgIpc) is 3.55. The summed E-state index contributed by atoms with van der Waals surface area (Å²) in [6.07, 6.45) is 7.87. The zero-order valence-electron chi connectivity index (χ0n) is 18.1. The summed E-state index contributed by atoms with van der Waals surface area (Å²) in [7, 11) is 0. The number of carbonyl (C=O) groups excluding carboxylic acids is 2. The highest BCUT2D eigenvalue weighted by Crippen LogP contribution is 2.34. The second kappa shape index (κ2) is 9.20. The maximum absolute atomic E-state index is 12.7. The standard InChI is InChI=1S/C23H29N5O4/c29-22(26-21-7-10-24-28(21)18-3-1-2-4-18)14-27-11-8-16(9-12-27)23(30)25-17-5-6-19-20(13-17)32-15-31-19/h5-7,10,13,16,18H,1-4,8-9,11-12,14-15H2,(H,25,30)(H,26,29). The van der Waals surface area contributed by atoms with E-state index in [0.717, 1.165) is 31.5 Å². The van der Waals surface area contributed by atoms with Gasteiger partial charge in [0.2, 0.25) is 18.6 Å². The van der Waals surface area contributed by atoms with Gasteiger partial charge in [0.1, 0.15) is 5.82 Å². The molecule has 2 N–H and O–H groups in total. The Morgan fingerprint density at radius 2 is 1.78 bits per heavy atom. The van der Waals surface area contributed by atoms with Gasteiger partial charge in [0.05, 0.1) is 18.8 Å². The fourth-order valence-corrected chi connectivity index (χ4v) is 4.81. The number of ether oxygens (including phenoxy) is 2. The number of hydrogen-bond acceptors (Lipinski definition) is 6. The molecular weight excluding hydrogens is 410 g/mol. The smallest absolute Gasteiger partial charge is 0.239 e. The number of nitrogens with zero attached hydrogens (tertiary/aromatic N) is 3. The minimum absolute atomic E-state index is 0.00781. The van der Waals surface area contributed by atoms with E-state index >= 15 is 0 Å². The number of nitrogens with one attached hydrogen (secondary N) is 2. The first-order valence-electron chi connectivity index (χ1n) is 11.4. The predicted octanol–water partition coefficient (Wildman–Crippen LogP) is 3.02. The summed E-state index contributed by atoms with van der Waals surface area (Å²) in [6, 6.07) is 7.66. The molecule has 2 amide bonds. The third-order valence-electron chi connectivity index (χ3n) is 6.57. The lowest BCUT2D eigenvalue weighted by molar-refractivity contribution is -0.121. The molecule has 0 bridgehead atoms. The SMILES string of the molecule is O=C(CN1CCC(C(=O)Nc2ccc3c(c2)OCO3)CC1)Nc1ccnn1C1CCCC1. The molecule has 1 aromatic carbocycles. The molecule has 0 atom stereocenters. The first-order chi connectivity index (χ1) is 15.7. The lowest BCUT2D eigenvalue weighted by Gasteiger charge is -2.30. The predicted molar refractivity (Wildman–Crippen MR) is 119 cm³/mol. The Bertz CT molecular complexity index is 977. The van der Waals surface area contributed by atoms with Gasteiger partial charge in [0.15, 0.2) is 11.5 Å². The first kappa shape index (κ1) is 20.8. The largest absolute Gasteiger partial charge is 0.454 e. The van der Waals surface area contributed by atoms with Gasteiger partial charge in [-0.2, -0.15) is 5.10 Å². The van der Waals surface area contributed by atoms with E-state index in [1.807, 2.05) is 16.8 Å². The van der Waals surface area contributed by atoms with Crippen molar-refractivity contribution in [1.82, 2.24) is 14.7 Å². The van der Waals surface area contributed by atoms with Crippen molar-refractivity contribution < 1.29 is 19.1 Å². The van der Waals surface area contributed by atoms with Crippen LogP contribution in [0, 0.1) is 5.92 Å². The summed E-state index contributed by atoms with van der Waals surface area (Å²) in [5, 5.41) is 10.4. The molecule has 1 saturated carbocycles. The second-order valence-corrected chi connectivity index (χ2v) is 8.76. The van der Waals surface area contributed by atoms with E-state index in [1.54, 1.807) is 18.3 Å². The Morgan fingerprint density at radius 3 is 2.59 bits per heavy atom. The minimum Gasteiger partial charge on any atom is -0.454 e. The quantitative estimate of drug-likeness (QED) is 0.718. The molecular formula is C23H29N5O4. The molecule has 2 fully saturated rings. The van der Waals surface area contributed by atoms with Crippen LogP contribution < -0.4 is 20.1 Å². The van der Waals surface area contributed by atoms with Gasteiger partial charge in [-0.05, 0) is 50.9 Å². The first-order valence-corrected chi connectivity index (χ1v) is 11.4. The van der Waals surface area contributed by atoms with Crippen molar-refractivity contribution in [1.29, 1.82) is 0 Å². The lowest BCUT2D eigenvalue weighted by atomic mass is 9.96. The highest BCUT2D eigenvalue weighted by Gasteiger charge is 2.27. The number of likely N-dealkylation sites (tertiary alicyclic amines) is 1. The number of fused-ring (bicyclic) bond motifs is 1. The molecule has 1 aliphatic carbocycles. The Balaban J connectivity index is 1.08. The van der Waals surface area contributed by atoms with Crippen LogP contribution in [0.3, 0.4) is 0 Å². The van der Waals surface area contributed by atoms with Gasteiger partial charge < -0.3 is 20.1 Å². The molecule has 0 radical (unpaired) electrons. The minimum atomic E-state index is -0.0662. The molecule has 170 valence electrons. The number of benzene rings is 1. The third-order valence-corrected chi connectivity index (χ3v) is 6.57. The molecule has 3 aliphatic rings. The van der Waals surface area contributed by atoms with Gasteiger partial charge in [0.25, 0.3) is 0 Å². The average molecular weight is 440 g/mol. The normalized spacial score (nSPS) is 19.2. The highest BCUT2D eigenvalue weighted by molar-refractivity contribution is 5.93. The maximum atomic E-state index is 12.7. The summed E-state index contributed by atoms with van der Waals surface area (Å²) < 4.78 is 12.6. The number of rotatable bonds is 6.